The second-order valence-electron chi connectivity index (χ2n) is 6.02. The molecule has 0 saturated carbocycles. The third-order valence-electron chi connectivity index (χ3n) is 4.06. The molecular weight excluding hydrogens is 250 g/mol. The molecule has 0 spiro atoms. The molecule has 5 heteroatoms. The number of aryl methyl sites for hydroxylation is 1. The number of aromatic nitrogens is 2. The van der Waals surface area contributed by atoms with Crippen LogP contribution in [-0.4, -0.2) is 48.6 Å². The summed E-state index contributed by atoms with van der Waals surface area (Å²) in [5, 5.41) is 0. The fourth-order valence-electron chi connectivity index (χ4n) is 2.92. The maximum absolute atomic E-state index is 6.03. The lowest BCUT2D eigenvalue weighted by atomic mass is 10.1. The van der Waals surface area contributed by atoms with Crippen molar-refractivity contribution >= 4 is 11.6 Å². The Balaban J connectivity index is 2.13. The number of likely N-dealkylation sites (tertiary alicyclic amines) is 1. The minimum atomic E-state index is 0.619. The van der Waals surface area contributed by atoms with Crippen LogP contribution >= 0.6 is 0 Å². The van der Waals surface area contributed by atoms with Crippen molar-refractivity contribution < 1.29 is 0 Å². The van der Waals surface area contributed by atoms with Gasteiger partial charge in [0.05, 0.1) is 0 Å². The Morgan fingerprint density at radius 1 is 1.40 bits per heavy atom. The van der Waals surface area contributed by atoms with Gasteiger partial charge in [-0.1, -0.05) is 6.92 Å². The van der Waals surface area contributed by atoms with Crippen molar-refractivity contribution in [2.24, 2.45) is 5.92 Å². The maximum atomic E-state index is 6.03. The van der Waals surface area contributed by atoms with Crippen LogP contribution in [-0.2, 0) is 6.42 Å². The minimum Gasteiger partial charge on any atom is -0.383 e. The normalized spacial score (nSPS) is 19.5. The van der Waals surface area contributed by atoms with Crippen molar-refractivity contribution in [3.05, 3.63) is 11.4 Å². The van der Waals surface area contributed by atoms with Gasteiger partial charge in [-0.15, -0.1) is 0 Å². The molecule has 0 radical (unpaired) electrons. The molecule has 2 heterocycles. The first-order valence-corrected chi connectivity index (χ1v) is 7.54. The second kappa shape index (κ2) is 6.39. The number of anilines is 2. The van der Waals surface area contributed by atoms with Crippen LogP contribution in [0.15, 0.2) is 0 Å². The van der Waals surface area contributed by atoms with Gasteiger partial charge in [0.1, 0.15) is 17.5 Å². The van der Waals surface area contributed by atoms with Crippen LogP contribution in [0.5, 0.6) is 0 Å². The molecule has 2 rings (SSSR count). The third kappa shape index (κ3) is 3.39. The van der Waals surface area contributed by atoms with Crippen LogP contribution in [0.25, 0.3) is 0 Å². The first kappa shape index (κ1) is 15.0. The van der Waals surface area contributed by atoms with Crippen LogP contribution in [0.1, 0.15) is 31.2 Å². The molecule has 1 atom stereocenters. The second-order valence-corrected chi connectivity index (χ2v) is 6.02. The molecule has 0 amide bonds. The molecule has 1 aliphatic heterocycles. The first-order chi connectivity index (χ1) is 9.51. The maximum Gasteiger partial charge on any atom is 0.137 e. The van der Waals surface area contributed by atoms with E-state index < -0.39 is 0 Å². The summed E-state index contributed by atoms with van der Waals surface area (Å²) in [5.74, 6) is 3.19. The summed E-state index contributed by atoms with van der Waals surface area (Å²) < 4.78 is 0. The highest BCUT2D eigenvalue weighted by Crippen LogP contribution is 2.24. The van der Waals surface area contributed by atoms with Gasteiger partial charge in [-0.05, 0) is 39.3 Å². The smallest absolute Gasteiger partial charge is 0.137 e. The molecule has 1 saturated heterocycles. The Morgan fingerprint density at radius 3 is 2.75 bits per heavy atom. The highest BCUT2D eigenvalue weighted by molar-refractivity contribution is 5.56. The molecule has 1 unspecified atom stereocenters. The fourth-order valence-corrected chi connectivity index (χ4v) is 2.92. The minimum absolute atomic E-state index is 0.619. The van der Waals surface area contributed by atoms with Gasteiger partial charge in [-0.2, -0.15) is 0 Å². The lowest BCUT2D eigenvalue weighted by Gasteiger charge is -2.24. The van der Waals surface area contributed by atoms with E-state index in [9.17, 15) is 0 Å². The Morgan fingerprint density at radius 2 is 2.15 bits per heavy atom. The van der Waals surface area contributed by atoms with E-state index in [0.29, 0.717) is 5.82 Å². The topological polar surface area (TPSA) is 58.3 Å². The van der Waals surface area contributed by atoms with E-state index in [1.165, 1.54) is 19.5 Å². The van der Waals surface area contributed by atoms with Gasteiger partial charge in [0.2, 0.25) is 0 Å². The van der Waals surface area contributed by atoms with Crippen LogP contribution in [0.2, 0.25) is 0 Å². The lowest BCUT2D eigenvalue weighted by Crippen LogP contribution is -2.29. The zero-order chi connectivity index (χ0) is 14.7. The summed E-state index contributed by atoms with van der Waals surface area (Å²) in [6, 6.07) is 0. The average Bonchev–Trinajstić information content (AvgIpc) is 2.79. The number of hydrogen-bond donors (Lipinski definition) is 1. The van der Waals surface area contributed by atoms with Crippen molar-refractivity contribution in [1.82, 2.24) is 14.9 Å². The summed E-state index contributed by atoms with van der Waals surface area (Å²) in [5.41, 5.74) is 7.03. The molecule has 1 aromatic rings. The summed E-state index contributed by atoms with van der Waals surface area (Å²) in [7, 11) is 4.30. The molecule has 1 aromatic heterocycles. The zero-order valence-electron chi connectivity index (χ0n) is 13.2. The number of rotatable bonds is 5. The van der Waals surface area contributed by atoms with Crippen LogP contribution < -0.4 is 10.6 Å². The van der Waals surface area contributed by atoms with Crippen molar-refractivity contribution in [2.45, 2.75) is 33.1 Å². The highest BCUT2D eigenvalue weighted by atomic mass is 15.2. The quantitative estimate of drug-likeness (QED) is 0.888. The van der Waals surface area contributed by atoms with Crippen molar-refractivity contribution in [1.29, 1.82) is 0 Å². The molecular formula is C15H27N5. The van der Waals surface area contributed by atoms with Gasteiger partial charge in [-0.25, -0.2) is 9.97 Å². The van der Waals surface area contributed by atoms with Crippen molar-refractivity contribution in [2.75, 3.05) is 44.4 Å². The first-order valence-electron chi connectivity index (χ1n) is 7.54. The van der Waals surface area contributed by atoms with E-state index in [-0.39, 0.29) is 0 Å². The monoisotopic (exact) mass is 277 g/mol. The van der Waals surface area contributed by atoms with Crippen molar-refractivity contribution in [3.8, 4) is 0 Å². The standard InChI is InChI=1S/C15H27N5/c1-5-6-13-17-14(16)11(2)15(18-13)20(4)10-12-7-8-19(3)9-12/h12H,5-10H2,1-4H3,(H2,16,17,18). The molecule has 5 nitrogen and oxygen atoms in total. The van der Waals surface area contributed by atoms with E-state index in [1.54, 1.807) is 0 Å². The fraction of sp³-hybridized carbons (Fsp3) is 0.733. The van der Waals surface area contributed by atoms with E-state index >= 15 is 0 Å². The summed E-state index contributed by atoms with van der Waals surface area (Å²) in [6.07, 6.45) is 3.19. The Labute approximate surface area is 122 Å². The largest absolute Gasteiger partial charge is 0.383 e. The lowest BCUT2D eigenvalue weighted by molar-refractivity contribution is 0.395. The van der Waals surface area contributed by atoms with Gasteiger partial charge in [0.25, 0.3) is 0 Å². The SMILES string of the molecule is CCCc1nc(N)c(C)c(N(C)CC2CCN(C)C2)n1. The molecule has 0 aliphatic carbocycles. The van der Waals surface area contributed by atoms with E-state index in [4.69, 9.17) is 10.7 Å². The van der Waals surface area contributed by atoms with Crippen molar-refractivity contribution in [3.63, 3.8) is 0 Å². The van der Waals surface area contributed by atoms with Crippen LogP contribution in [0.3, 0.4) is 0 Å². The number of hydrogen-bond acceptors (Lipinski definition) is 5. The van der Waals surface area contributed by atoms with Gasteiger partial charge < -0.3 is 15.5 Å². The summed E-state index contributed by atoms with van der Waals surface area (Å²) in [6.45, 7) is 7.55. The zero-order valence-corrected chi connectivity index (χ0v) is 13.2. The predicted octanol–water partition coefficient (Wildman–Crippen LogP) is 1.71. The molecule has 0 aromatic carbocycles. The van der Waals surface area contributed by atoms with E-state index in [2.05, 4.69) is 35.8 Å². The number of nitrogens with zero attached hydrogens (tertiary/aromatic N) is 4. The predicted molar refractivity (Wildman–Crippen MR) is 84.1 cm³/mol. The molecule has 1 fully saturated rings. The van der Waals surface area contributed by atoms with Crippen LogP contribution in [0, 0.1) is 12.8 Å². The van der Waals surface area contributed by atoms with Gasteiger partial charge in [0, 0.05) is 32.1 Å². The van der Waals surface area contributed by atoms with E-state index in [1.807, 2.05) is 6.92 Å². The average molecular weight is 277 g/mol. The summed E-state index contributed by atoms with van der Waals surface area (Å²) >= 11 is 0. The Kier molecular flexibility index (Phi) is 4.81. The molecule has 0 bridgehead atoms. The Hall–Kier alpha value is -1.36. The number of nitrogens with two attached hydrogens (primary N) is 1. The molecule has 112 valence electrons. The van der Waals surface area contributed by atoms with Gasteiger partial charge in [-0.3, -0.25) is 0 Å². The molecule has 1 aliphatic rings. The molecule has 20 heavy (non-hydrogen) atoms. The van der Waals surface area contributed by atoms with E-state index in [0.717, 1.165) is 42.5 Å². The number of nitrogen functional groups attached to an aromatic ring is 1. The van der Waals surface area contributed by atoms with Crippen LogP contribution in [0.4, 0.5) is 11.6 Å². The van der Waals surface area contributed by atoms with Gasteiger partial charge >= 0.3 is 0 Å². The third-order valence-corrected chi connectivity index (χ3v) is 4.06. The Bertz CT molecular complexity index is 460. The van der Waals surface area contributed by atoms with Gasteiger partial charge in [0.15, 0.2) is 0 Å². The highest BCUT2D eigenvalue weighted by Gasteiger charge is 2.22. The summed E-state index contributed by atoms with van der Waals surface area (Å²) in [4.78, 5) is 13.7. The molecule has 2 N–H and O–H groups in total.